The Labute approximate surface area is 80.8 Å². The summed E-state index contributed by atoms with van der Waals surface area (Å²) in [6.07, 6.45) is 1.89. The molecular formula is C12H9NO. The summed E-state index contributed by atoms with van der Waals surface area (Å²) in [5.74, 6) is 0.329. The maximum atomic E-state index is 9.77. The van der Waals surface area contributed by atoms with Gasteiger partial charge in [-0.15, -0.1) is 0 Å². The highest BCUT2D eigenvalue weighted by atomic mass is 16.3. The lowest BCUT2D eigenvalue weighted by molar-refractivity contribution is 0.482. The topological polar surface area (TPSA) is 36.0 Å². The fourth-order valence-corrected chi connectivity index (χ4v) is 1.89. The minimum Gasteiger partial charge on any atom is -0.507 e. The van der Waals surface area contributed by atoms with Crippen molar-refractivity contribution in [3.05, 3.63) is 42.6 Å². The van der Waals surface area contributed by atoms with E-state index in [2.05, 4.69) is 4.98 Å². The summed E-state index contributed by atoms with van der Waals surface area (Å²) in [7, 11) is 0. The molecule has 0 fully saturated rings. The van der Waals surface area contributed by atoms with Gasteiger partial charge in [-0.2, -0.15) is 0 Å². The highest BCUT2D eigenvalue weighted by Gasteiger charge is 2.04. The largest absolute Gasteiger partial charge is 0.507 e. The number of fused-ring (bicyclic) bond motifs is 3. The number of nitrogens with one attached hydrogen (secondary N) is 1. The van der Waals surface area contributed by atoms with Gasteiger partial charge < -0.3 is 10.1 Å². The van der Waals surface area contributed by atoms with Crippen molar-refractivity contribution in [3.63, 3.8) is 0 Å². The molecule has 2 aromatic carbocycles. The summed E-state index contributed by atoms with van der Waals surface area (Å²) >= 11 is 0. The Bertz CT molecular complexity index is 610. The first kappa shape index (κ1) is 7.44. The Morgan fingerprint density at radius 1 is 0.929 bits per heavy atom. The second-order valence-electron chi connectivity index (χ2n) is 3.38. The van der Waals surface area contributed by atoms with Gasteiger partial charge in [0.15, 0.2) is 0 Å². The quantitative estimate of drug-likeness (QED) is 0.552. The molecule has 0 aliphatic heterocycles. The number of phenols is 1. The molecule has 0 spiro atoms. The number of phenolic OH excluding ortho intramolecular Hbond substituents is 1. The molecule has 2 N–H and O–H groups in total. The predicted molar refractivity (Wildman–Crippen MR) is 57.5 cm³/mol. The van der Waals surface area contributed by atoms with Crippen molar-refractivity contribution in [2.45, 2.75) is 0 Å². The van der Waals surface area contributed by atoms with Gasteiger partial charge in [-0.05, 0) is 11.5 Å². The summed E-state index contributed by atoms with van der Waals surface area (Å²) in [5.41, 5.74) is 0.973. The molecule has 14 heavy (non-hydrogen) atoms. The maximum absolute atomic E-state index is 9.77. The summed E-state index contributed by atoms with van der Waals surface area (Å²) in [6, 6.07) is 11.6. The van der Waals surface area contributed by atoms with Crippen molar-refractivity contribution in [3.8, 4) is 5.75 Å². The second kappa shape index (κ2) is 2.51. The number of aromatic nitrogens is 1. The van der Waals surface area contributed by atoms with Crippen molar-refractivity contribution in [2.75, 3.05) is 0 Å². The van der Waals surface area contributed by atoms with E-state index in [1.54, 1.807) is 6.07 Å². The Balaban J connectivity index is 2.67. The number of H-pyrrole nitrogens is 1. The molecule has 0 atom stereocenters. The third-order valence-corrected chi connectivity index (χ3v) is 2.55. The van der Waals surface area contributed by atoms with Crippen molar-refractivity contribution in [1.82, 2.24) is 4.98 Å². The monoisotopic (exact) mass is 183 g/mol. The smallest absolute Gasteiger partial charge is 0.125 e. The number of hydrogen-bond acceptors (Lipinski definition) is 1. The van der Waals surface area contributed by atoms with Gasteiger partial charge in [-0.3, -0.25) is 0 Å². The van der Waals surface area contributed by atoms with Gasteiger partial charge in [-0.1, -0.05) is 24.3 Å². The Kier molecular flexibility index (Phi) is 1.34. The van der Waals surface area contributed by atoms with Gasteiger partial charge in [-0.25, -0.2) is 0 Å². The molecular weight excluding hydrogens is 174 g/mol. The fourth-order valence-electron chi connectivity index (χ4n) is 1.89. The van der Waals surface area contributed by atoms with Crippen molar-refractivity contribution >= 4 is 21.7 Å². The van der Waals surface area contributed by atoms with Crippen LogP contribution < -0.4 is 0 Å². The standard InChI is InChI=1S/C12H9NO/c14-12-7-11-9(5-6-13-11)8-3-1-2-4-10(8)12/h1-7,13-14H. The van der Waals surface area contributed by atoms with E-state index in [4.69, 9.17) is 0 Å². The molecule has 0 unspecified atom stereocenters. The van der Waals surface area contributed by atoms with Gasteiger partial charge >= 0.3 is 0 Å². The molecule has 0 bridgehead atoms. The Morgan fingerprint density at radius 2 is 1.71 bits per heavy atom. The molecule has 0 radical (unpaired) electrons. The van der Waals surface area contributed by atoms with Crippen LogP contribution in [0.5, 0.6) is 5.75 Å². The Morgan fingerprint density at radius 3 is 2.57 bits per heavy atom. The van der Waals surface area contributed by atoms with E-state index >= 15 is 0 Å². The zero-order valence-electron chi connectivity index (χ0n) is 7.49. The van der Waals surface area contributed by atoms with Gasteiger partial charge in [0, 0.05) is 28.6 Å². The van der Waals surface area contributed by atoms with E-state index < -0.39 is 0 Å². The van der Waals surface area contributed by atoms with Gasteiger partial charge in [0.1, 0.15) is 5.75 Å². The minimum absolute atomic E-state index is 0.329. The summed E-state index contributed by atoms with van der Waals surface area (Å²) < 4.78 is 0. The average Bonchev–Trinajstić information content (AvgIpc) is 2.66. The lowest BCUT2D eigenvalue weighted by atomic mass is 10.1. The zero-order chi connectivity index (χ0) is 9.54. The lowest BCUT2D eigenvalue weighted by Crippen LogP contribution is -1.75. The fraction of sp³-hybridized carbons (Fsp3) is 0. The molecule has 3 rings (SSSR count). The molecule has 0 saturated carbocycles. The third kappa shape index (κ3) is 0.852. The van der Waals surface area contributed by atoms with Crippen LogP contribution in [0.15, 0.2) is 42.6 Å². The van der Waals surface area contributed by atoms with E-state index in [9.17, 15) is 5.11 Å². The van der Waals surface area contributed by atoms with Gasteiger partial charge in [0.25, 0.3) is 0 Å². The maximum Gasteiger partial charge on any atom is 0.125 e. The summed E-state index contributed by atoms with van der Waals surface area (Å²) in [4.78, 5) is 3.09. The van der Waals surface area contributed by atoms with Crippen molar-refractivity contribution in [2.24, 2.45) is 0 Å². The number of benzene rings is 2. The summed E-state index contributed by atoms with van der Waals surface area (Å²) in [6.45, 7) is 0. The first-order valence-electron chi connectivity index (χ1n) is 4.54. The SMILES string of the molecule is Oc1cc2[nH]ccc2c2ccccc12. The van der Waals surface area contributed by atoms with Crippen LogP contribution in [-0.4, -0.2) is 10.1 Å². The molecule has 0 aliphatic carbocycles. The van der Waals surface area contributed by atoms with Crippen molar-refractivity contribution in [1.29, 1.82) is 0 Å². The Hall–Kier alpha value is -1.96. The first-order valence-corrected chi connectivity index (χ1v) is 4.54. The van der Waals surface area contributed by atoms with E-state index in [0.717, 1.165) is 21.7 Å². The molecule has 2 heteroatoms. The van der Waals surface area contributed by atoms with Crippen LogP contribution in [0, 0.1) is 0 Å². The molecule has 3 aromatic rings. The lowest BCUT2D eigenvalue weighted by Gasteiger charge is -2.01. The van der Waals surface area contributed by atoms with Crippen LogP contribution in [0.1, 0.15) is 0 Å². The predicted octanol–water partition coefficient (Wildman–Crippen LogP) is 3.03. The van der Waals surface area contributed by atoms with Crippen molar-refractivity contribution < 1.29 is 5.11 Å². The van der Waals surface area contributed by atoms with E-state index in [1.807, 2.05) is 36.5 Å². The van der Waals surface area contributed by atoms with Crippen LogP contribution in [0.3, 0.4) is 0 Å². The van der Waals surface area contributed by atoms with Crippen LogP contribution in [0.4, 0.5) is 0 Å². The van der Waals surface area contributed by atoms with E-state index in [-0.39, 0.29) is 0 Å². The summed E-state index contributed by atoms with van der Waals surface area (Å²) in [5, 5.41) is 12.9. The highest BCUT2D eigenvalue weighted by molar-refractivity contribution is 6.09. The molecule has 1 aromatic heterocycles. The minimum atomic E-state index is 0.329. The van der Waals surface area contributed by atoms with Crippen LogP contribution in [-0.2, 0) is 0 Å². The molecule has 0 amide bonds. The molecule has 2 nitrogen and oxygen atoms in total. The first-order chi connectivity index (χ1) is 6.86. The molecule has 1 heterocycles. The number of hydrogen-bond donors (Lipinski definition) is 2. The number of rotatable bonds is 0. The number of aromatic hydroxyl groups is 1. The molecule has 0 saturated heterocycles. The van der Waals surface area contributed by atoms with Crippen LogP contribution in [0.2, 0.25) is 0 Å². The average molecular weight is 183 g/mol. The third-order valence-electron chi connectivity index (χ3n) is 2.55. The highest BCUT2D eigenvalue weighted by Crippen LogP contribution is 2.31. The second-order valence-corrected chi connectivity index (χ2v) is 3.38. The van der Waals surface area contributed by atoms with Gasteiger partial charge in [0.05, 0.1) is 0 Å². The normalized spacial score (nSPS) is 11.1. The van der Waals surface area contributed by atoms with Crippen LogP contribution in [0.25, 0.3) is 21.7 Å². The molecule has 68 valence electrons. The van der Waals surface area contributed by atoms with Crippen LogP contribution >= 0.6 is 0 Å². The van der Waals surface area contributed by atoms with E-state index in [1.165, 1.54) is 0 Å². The van der Waals surface area contributed by atoms with E-state index in [0.29, 0.717) is 5.75 Å². The van der Waals surface area contributed by atoms with Gasteiger partial charge in [0.2, 0.25) is 0 Å². The molecule has 0 aliphatic rings. The number of aromatic amines is 1. The zero-order valence-corrected chi connectivity index (χ0v) is 7.49.